The van der Waals surface area contributed by atoms with Crippen molar-refractivity contribution in [1.82, 2.24) is 4.90 Å². The molecule has 0 bridgehead atoms. The van der Waals surface area contributed by atoms with Gasteiger partial charge in [0.2, 0.25) is 5.91 Å². The smallest absolute Gasteiger partial charge is 0.335 e. The number of benzene rings is 2. The molecule has 0 aliphatic carbocycles. The highest BCUT2D eigenvalue weighted by Crippen LogP contribution is 2.33. The number of hydrogen-bond acceptors (Lipinski definition) is 7. The number of nitrogens with one attached hydrogen (secondary N) is 1. The molecule has 1 fully saturated rings. The van der Waals surface area contributed by atoms with Crippen molar-refractivity contribution < 1.29 is 38.6 Å². The summed E-state index contributed by atoms with van der Waals surface area (Å²) in [6, 6.07) is 13.5. The molecule has 3 amide bonds. The highest BCUT2D eigenvalue weighted by atomic mass is 127. The van der Waals surface area contributed by atoms with Crippen LogP contribution < -0.4 is 5.32 Å². The maximum atomic E-state index is 12.7. The lowest BCUT2D eigenvalue weighted by molar-refractivity contribution is -0.127. The van der Waals surface area contributed by atoms with Crippen LogP contribution in [0, 0.1) is 3.57 Å². The number of halogens is 1. The van der Waals surface area contributed by atoms with Gasteiger partial charge >= 0.3 is 11.9 Å². The topological polar surface area (TPSA) is 154 Å². The fraction of sp³-hybridized carbons (Fsp3) is 0.0417. The van der Waals surface area contributed by atoms with Gasteiger partial charge in [0.15, 0.2) is 0 Å². The van der Waals surface area contributed by atoms with E-state index >= 15 is 0 Å². The number of carboxylic acid groups (broad SMARTS) is 2. The lowest BCUT2D eigenvalue weighted by Crippen LogP contribution is -2.36. The van der Waals surface area contributed by atoms with Crippen molar-refractivity contribution in [1.29, 1.82) is 0 Å². The Bertz CT molecular complexity index is 1410. The number of anilines is 1. The lowest BCUT2D eigenvalue weighted by atomic mass is 10.0. The SMILES string of the molecule is O=C(CN1C(=O)S/C(=C/c2ccc(-c3cc(C(=O)O)cc(C(=O)O)c3)o2)C1=O)Nc1ccc(I)cc1. The van der Waals surface area contributed by atoms with Crippen molar-refractivity contribution in [2.24, 2.45) is 0 Å². The Hall–Kier alpha value is -3.91. The summed E-state index contributed by atoms with van der Waals surface area (Å²) in [7, 11) is 0. The molecule has 1 aliphatic heterocycles. The molecule has 0 atom stereocenters. The summed E-state index contributed by atoms with van der Waals surface area (Å²) < 4.78 is 6.64. The molecule has 3 N–H and O–H groups in total. The molecule has 0 spiro atoms. The molecule has 1 aromatic heterocycles. The maximum Gasteiger partial charge on any atom is 0.335 e. The average molecular weight is 618 g/mol. The molecule has 12 heteroatoms. The standard InChI is InChI=1S/C24H15IN2O8S/c25-15-1-3-16(4-2-15)26-20(28)11-27-21(29)19(36-24(27)34)10-17-5-6-18(35-17)12-7-13(22(30)31)9-14(8-12)23(32)33/h1-10H,11H2,(H,26,28)(H,30,31)(H,32,33)/b19-10+. The van der Waals surface area contributed by atoms with Gasteiger partial charge in [-0.25, -0.2) is 9.59 Å². The minimum absolute atomic E-state index is 0.0356. The second-order valence-corrected chi connectivity index (χ2v) is 9.67. The van der Waals surface area contributed by atoms with Crippen molar-refractivity contribution in [2.45, 2.75) is 0 Å². The molecule has 0 unspecified atom stereocenters. The van der Waals surface area contributed by atoms with Crippen molar-refractivity contribution in [2.75, 3.05) is 11.9 Å². The Labute approximate surface area is 221 Å². The number of nitrogens with zero attached hydrogens (tertiary/aromatic N) is 1. The Balaban J connectivity index is 1.50. The summed E-state index contributed by atoms with van der Waals surface area (Å²) in [5.41, 5.74) is 0.288. The van der Waals surface area contributed by atoms with Gasteiger partial charge in [0, 0.05) is 20.9 Å². The van der Waals surface area contributed by atoms with E-state index in [0.717, 1.165) is 14.5 Å². The van der Waals surface area contributed by atoms with Gasteiger partial charge in [0.1, 0.15) is 18.1 Å². The number of carbonyl (C=O) groups excluding carboxylic acids is 3. The summed E-state index contributed by atoms with van der Waals surface area (Å²) in [6.45, 7) is -0.461. The number of imide groups is 1. The van der Waals surface area contributed by atoms with Gasteiger partial charge in [-0.15, -0.1) is 0 Å². The van der Waals surface area contributed by atoms with Crippen LogP contribution in [0.2, 0.25) is 0 Å². The van der Waals surface area contributed by atoms with Crippen LogP contribution in [0.1, 0.15) is 26.5 Å². The van der Waals surface area contributed by atoms with Crippen molar-refractivity contribution in [3.05, 3.63) is 80.0 Å². The molecule has 4 rings (SSSR count). The van der Waals surface area contributed by atoms with Gasteiger partial charge in [-0.3, -0.25) is 19.3 Å². The first-order valence-corrected chi connectivity index (χ1v) is 12.0. The number of hydrogen-bond donors (Lipinski definition) is 3. The molecule has 0 radical (unpaired) electrons. The van der Waals surface area contributed by atoms with Gasteiger partial charge in [0.05, 0.1) is 16.0 Å². The zero-order valence-electron chi connectivity index (χ0n) is 18.1. The Kier molecular flexibility index (Phi) is 7.26. The zero-order valence-corrected chi connectivity index (χ0v) is 21.0. The van der Waals surface area contributed by atoms with E-state index < -0.39 is 35.5 Å². The first-order chi connectivity index (χ1) is 17.1. The number of carboxylic acids is 2. The summed E-state index contributed by atoms with van der Waals surface area (Å²) in [5, 5.41) is 20.5. The second-order valence-electron chi connectivity index (χ2n) is 7.43. The zero-order chi connectivity index (χ0) is 26.0. The molecule has 3 aromatic rings. The Morgan fingerprint density at radius 3 is 2.22 bits per heavy atom. The third-order valence-corrected chi connectivity index (χ3v) is 6.54. The van der Waals surface area contributed by atoms with Crippen LogP contribution in [0.3, 0.4) is 0 Å². The van der Waals surface area contributed by atoms with Crippen LogP contribution in [0.4, 0.5) is 10.5 Å². The van der Waals surface area contributed by atoms with E-state index in [2.05, 4.69) is 27.9 Å². The normalized spacial score (nSPS) is 14.4. The van der Waals surface area contributed by atoms with Crippen LogP contribution in [-0.2, 0) is 9.59 Å². The predicted octanol–water partition coefficient (Wildman–Crippen LogP) is 4.62. The lowest BCUT2D eigenvalue weighted by Gasteiger charge is -2.12. The van der Waals surface area contributed by atoms with Gasteiger partial charge in [0.25, 0.3) is 11.1 Å². The monoisotopic (exact) mass is 618 g/mol. The van der Waals surface area contributed by atoms with E-state index in [4.69, 9.17) is 4.42 Å². The maximum absolute atomic E-state index is 12.7. The highest BCUT2D eigenvalue weighted by molar-refractivity contribution is 14.1. The van der Waals surface area contributed by atoms with Crippen LogP contribution in [0.25, 0.3) is 17.4 Å². The number of carbonyl (C=O) groups is 5. The van der Waals surface area contributed by atoms with Gasteiger partial charge < -0.3 is 19.9 Å². The molecule has 10 nitrogen and oxygen atoms in total. The molecule has 182 valence electrons. The van der Waals surface area contributed by atoms with E-state index in [9.17, 15) is 34.2 Å². The molecular formula is C24H15IN2O8S. The molecule has 1 saturated heterocycles. The number of rotatable bonds is 7. The van der Waals surface area contributed by atoms with Crippen molar-refractivity contribution in [3.63, 3.8) is 0 Å². The third-order valence-electron chi connectivity index (χ3n) is 4.91. The minimum Gasteiger partial charge on any atom is -0.478 e. The molecule has 2 aromatic carbocycles. The van der Waals surface area contributed by atoms with E-state index in [1.54, 1.807) is 24.3 Å². The fourth-order valence-electron chi connectivity index (χ4n) is 3.25. The number of furan rings is 1. The van der Waals surface area contributed by atoms with Crippen LogP contribution >= 0.6 is 34.4 Å². The fourth-order valence-corrected chi connectivity index (χ4v) is 4.42. The second kappa shape index (κ2) is 10.4. The first-order valence-electron chi connectivity index (χ1n) is 10.1. The van der Waals surface area contributed by atoms with Crippen LogP contribution in [-0.4, -0.2) is 50.6 Å². The molecular weight excluding hydrogens is 603 g/mol. The molecule has 36 heavy (non-hydrogen) atoms. The van der Waals surface area contributed by atoms with Crippen LogP contribution in [0.15, 0.2) is 63.9 Å². The summed E-state index contributed by atoms with van der Waals surface area (Å²) in [5.74, 6) is -3.45. The number of thioether (sulfide) groups is 1. The minimum atomic E-state index is -1.30. The largest absolute Gasteiger partial charge is 0.478 e. The quantitative estimate of drug-likeness (QED) is 0.254. The van der Waals surface area contributed by atoms with E-state index in [1.807, 2.05) is 0 Å². The summed E-state index contributed by atoms with van der Waals surface area (Å²) in [4.78, 5) is 61.0. The summed E-state index contributed by atoms with van der Waals surface area (Å²) >= 11 is 2.77. The Morgan fingerprint density at radius 2 is 1.61 bits per heavy atom. The number of aromatic carboxylic acids is 2. The van der Waals surface area contributed by atoms with Crippen LogP contribution in [0.5, 0.6) is 0 Å². The average Bonchev–Trinajstić information content (AvgIpc) is 3.40. The number of amides is 3. The molecule has 2 heterocycles. The first kappa shape index (κ1) is 25.2. The molecule has 1 aliphatic rings. The van der Waals surface area contributed by atoms with Crippen molar-refractivity contribution in [3.8, 4) is 11.3 Å². The van der Waals surface area contributed by atoms with Crippen molar-refractivity contribution >= 4 is 75.1 Å². The van der Waals surface area contributed by atoms with Gasteiger partial charge in [-0.05, 0) is 89.0 Å². The third kappa shape index (κ3) is 5.66. The Morgan fingerprint density at radius 1 is 0.972 bits per heavy atom. The highest BCUT2D eigenvalue weighted by Gasteiger charge is 2.36. The van der Waals surface area contributed by atoms with E-state index in [0.29, 0.717) is 17.4 Å². The van der Waals surface area contributed by atoms with E-state index in [1.165, 1.54) is 30.3 Å². The van der Waals surface area contributed by atoms with E-state index in [-0.39, 0.29) is 33.1 Å². The predicted molar refractivity (Wildman–Crippen MR) is 139 cm³/mol. The van der Waals surface area contributed by atoms with Gasteiger partial charge in [-0.2, -0.15) is 0 Å². The summed E-state index contributed by atoms with van der Waals surface area (Å²) in [6.07, 6.45) is 1.32. The molecule has 0 saturated carbocycles. The van der Waals surface area contributed by atoms with Gasteiger partial charge in [-0.1, -0.05) is 0 Å².